The molecule has 22 heavy (non-hydrogen) atoms. The van der Waals surface area contributed by atoms with E-state index in [0.29, 0.717) is 17.7 Å². The van der Waals surface area contributed by atoms with Gasteiger partial charge in [0, 0.05) is 43.1 Å². The highest BCUT2D eigenvalue weighted by Gasteiger charge is 2.26. The molecule has 1 aliphatic rings. The summed E-state index contributed by atoms with van der Waals surface area (Å²) in [5.41, 5.74) is 0.484. The molecule has 0 saturated carbocycles. The first-order valence-corrected chi connectivity index (χ1v) is 7.64. The second-order valence-electron chi connectivity index (χ2n) is 5.60. The number of piperazine rings is 1. The van der Waals surface area contributed by atoms with E-state index in [9.17, 15) is 4.79 Å². The van der Waals surface area contributed by atoms with Crippen molar-refractivity contribution in [2.24, 2.45) is 0 Å². The highest BCUT2D eigenvalue weighted by atomic mass is 35.5. The van der Waals surface area contributed by atoms with Gasteiger partial charge in [-0.2, -0.15) is 0 Å². The normalized spacial score (nSPS) is 21.9. The molecule has 1 saturated heterocycles. The summed E-state index contributed by atoms with van der Waals surface area (Å²) in [4.78, 5) is 25.6. The summed E-state index contributed by atoms with van der Waals surface area (Å²) in [7, 11) is 0. The Morgan fingerprint density at radius 2 is 2.05 bits per heavy atom. The number of rotatable bonds is 2. The van der Waals surface area contributed by atoms with Crippen molar-refractivity contribution in [3.8, 4) is 11.4 Å². The molecule has 6 nitrogen and oxygen atoms in total. The molecule has 3 heterocycles. The van der Waals surface area contributed by atoms with E-state index in [2.05, 4.69) is 39.0 Å². The van der Waals surface area contributed by atoms with Crippen molar-refractivity contribution in [1.29, 1.82) is 0 Å². The highest BCUT2D eigenvalue weighted by molar-refractivity contribution is 6.32. The minimum Gasteiger partial charge on any atom is -0.350 e. The number of aromatic nitrogens is 3. The van der Waals surface area contributed by atoms with Gasteiger partial charge in [0.05, 0.1) is 0 Å². The van der Waals surface area contributed by atoms with Crippen molar-refractivity contribution in [1.82, 2.24) is 20.3 Å². The number of nitrogens with zero attached hydrogens (tertiary/aromatic N) is 3. The Kier molecular flexibility index (Phi) is 4.13. The number of anilines is 1. The quantitative estimate of drug-likeness (QED) is 0.881. The van der Waals surface area contributed by atoms with Gasteiger partial charge in [0.25, 0.3) is 5.56 Å². The Balaban J connectivity index is 2.07. The maximum atomic E-state index is 12.2. The fraction of sp³-hybridized carbons (Fsp3) is 0.400. The molecule has 2 N–H and O–H groups in total. The fourth-order valence-electron chi connectivity index (χ4n) is 2.60. The Morgan fingerprint density at radius 3 is 2.77 bits per heavy atom. The number of pyridine rings is 1. The summed E-state index contributed by atoms with van der Waals surface area (Å²) in [6, 6.07) is 4.14. The molecule has 3 rings (SSSR count). The number of hydrogen-bond acceptors (Lipinski definition) is 5. The zero-order valence-corrected chi connectivity index (χ0v) is 13.3. The van der Waals surface area contributed by atoms with Gasteiger partial charge in [-0.15, -0.1) is 0 Å². The molecule has 1 aliphatic heterocycles. The molecule has 7 heteroatoms. The zero-order chi connectivity index (χ0) is 15.7. The van der Waals surface area contributed by atoms with Gasteiger partial charge in [-0.05, 0) is 26.0 Å². The average Bonchev–Trinajstić information content (AvgIpc) is 2.53. The van der Waals surface area contributed by atoms with Gasteiger partial charge in [0.15, 0.2) is 5.82 Å². The van der Waals surface area contributed by atoms with Gasteiger partial charge in [-0.3, -0.25) is 9.78 Å². The van der Waals surface area contributed by atoms with E-state index in [4.69, 9.17) is 11.6 Å². The second-order valence-corrected chi connectivity index (χ2v) is 5.98. The monoisotopic (exact) mass is 319 g/mol. The van der Waals surface area contributed by atoms with Gasteiger partial charge >= 0.3 is 0 Å². The van der Waals surface area contributed by atoms with E-state index in [1.807, 2.05) is 0 Å². The third-order valence-corrected chi connectivity index (χ3v) is 4.18. The number of halogens is 1. The minimum absolute atomic E-state index is 0.138. The van der Waals surface area contributed by atoms with Gasteiger partial charge < -0.3 is 15.2 Å². The molecular formula is C15H18ClN5O. The van der Waals surface area contributed by atoms with Crippen molar-refractivity contribution in [3.05, 3.63) is 39.9 Å². The summed E-state index contributed by atoms with van der Waals surface area (Å²) in [6.07, 6.45) is 3.33. The van der Waals surface area contributed by atoms with Crippen LogP contribution >= 0.6 is 11.6 Å². The fourth-order valence-corrected chi connectivity index (χ4v) is 2.80. The van der Waals surface area contributed by atoms with E-state index in [1.54, 1.807) is 24.5 Å². The topological polar surface area (TPSA) is 73.9 Å². The molecule has 0 unspecified atom stereocenters. The molecule has 2 atom stereocenters. The van der Waals surface area contributed by atoms with E-state index in [0.717, 1.165) is 18.7 Å². The first-order chi connectivity index (χ1) is 10.6. The lowest BCUT2D eigenvalue weighted by Crippen LogP contribution is -2.55. The van der Waals surface area contributed by atoms with Crippen LogP contribution in [0.4, 0.5) is 5.82 Å². The molecule has 1 fully saturated rings. The van der Waals surface area contributed by atoms with Crippen LogP contribution in [0, 0.1) is 0 Å². The van der Waals surface area contributed by atoms with E-state index in [-0.39, 0.29) is 16.6 Å². The molecule has 2 aromatic heterocycles. The Hall–Kier alpha value is -1.92. The number of nitrogens with one attached hydrogen (secondary N) is 2. The van der Waals surface area contributed by atoms with Crippen molar-refractivity contribution in [2.75, 3.05) is 18.0 Å². The summed E-state index contributed by atoms with van der Waals surface area (Å²) in [5.74, 6) is 1.04. The predicted molar refractivity (Wildman–Crippen MR) is 87.4 cm³/mol. The van der Waals surface area contributed by atoms with Crippen LogP contribution in [-0.4, -0.2) is 40.1 Å². The third-order valence-electron chi connectivity index (χ3n) is 3.84. The summed E-state index contributed by atoms with van der Waals surface area (Å²) >= 11 is 6.22. The second kappa shape index (κ2) is 6.06. The molecule has 0 bridgehead atoms. The van der Waals surface area contributed by atoms with Crippen LogP contribution in [0.25, 0.3) is 11.4 Å². The molecule has 2 aromatic rings. The number of aromatic amines is 1. The minimum atomic E-state index is -0.322. The lowest BCUT2D eigenvalue weighted by atomic mass is 10.1. The predicted octanol–water partition coefficient (Wildman–Crippen LogP) is 1.67. The molecule has 0 aliphatic carbocycles. The Labute approximate surface area is 133 Å². The third kappa shape index (κ3) is 2.84. The van der Waals surface area contributed by atoms with Crippen LogP contribution in [-0.2, 0) is 0 Å². The van der Waals surface area contributed by atoms with E-state index in [1.165, 1.54) is 0 Å². The Morgan fingerprint density at radius 1 is 1.32 bits per heavy atom. The highest BCUT2D eigenvalue weighted by Crippen LogP contribution is 2.25. The van der Waals surface area contributed by atoms with Gasteiger partial charge in [0.2, 0.25) is 0 Å². The maximum Gasteiger partial charge on any atom is 0.272 e. The van der Waals surface area contributed by atoms with E-state index < -0.39 is 0 Å². The maximum absolute atomic E-state index is 12.2. The Bertz CT molecular complexity index is 718. The molecule has 0 amide bonds. The molecular weight excluding hydrogens is 302 g/mol. The zero-order valence-electron chi connectivity index (χ0n) is 12.5. The molecule has 0 radical (unpaired) electrons. The first kappa shape index (κ1) is 15.0. The summed E-state index contributed by atoms with van der Waals surface area (Å²) in [6.45, 7) is 5.78. The van der Waals surface area contributed by atoms with Crippen LogP contribution in [0.5, 0.6) is 0 Å². The summed E-state index contributed by atoms with van der Waals surface area (Å²) in [5, 5.41) is 3.54. The largest absolute Gasteiger partial charge is 0.350 e. The van der Waals surface area contributed by atoms with Crippen LogP contribution in [0.15, 0.2) is 29.3 Å². The van der Waals surface area contributed by atoms with Crippen molar-refractivity contribution in [2.45, 2.75) is 25.9 Å². The standard InChI is InChI=1S/C15H18ClN5O/c1-9-8-21(10(2)7-18-9)14-12(16)15(22)20-13(19-14)11-3-5-17-6-4-11/h3-6,9-10,18H,7-8H2,1-2H3,(H,19,20,22)/t9-,10-/m0/s1. The molecule has 0 spiro atoms. The number of H-pyrrole nitrogens is 1. The van der Waals surface area contributed by atoms with Crippen LogP contribution < -0.4 is 15.8 Å². The van der Waals surface area contributed by atoms with Crippen molar-refractivity contribution in [3.63, 3.8) is 0 Å². The first-order valence-electron chi connectivity index (χ1n) is 7.26. The average molecular weight is 320 g/mol. The number of hydrogen-bond donors (Lipinski definition) is 2. The van der Waals surface area contributed by atoms with Gasteiger partial charge in [0.1, 0.15) is 10.8 Å². The van der Waals surface area contributed by atoms with Crippen LogP contribution in [0.1, 0.15) is 13.8 Å². The lowest BCUT2D eigenvalue weighted by Gasteiger charge is -2.38. The van der Waals surface area contributed by atoms with Crippen molar-refractivity contribution < 1.29 is 0 Å². The SMILES string of the molecule is C[C@H]1CN(c2nc(-c3ccncc3)[nH]c(=O)c2Cl)[C@@H](C)CN1. The van der Waals surface area contributed by atoms with Gasteiger partial charge in [-0.1, -0.05) is 11.6 Å². The van der Waals surface area contributed by atoms with Crippen LogP contribution in [0.3, 0.4) is 0 Å². The van der Waals surface area contributed by atoms with Crippen molar-refractivity contribution >= 4 is 17.4 Å². The van der Waals surface area contributed by atoms with Crippen LogP contribution in [0.2, 0.25) is 5.02 Å². The lowest BCUT2D eigenvalue weighted by molar-refractivity contribution is 0.422. The van der Waals surface area contributed by atoms with Gasteiger partial charge in [-0.25, -0.2) is 4.98 Å². The van der Waals surface area contributed by atoms with E-state index >= 15 is 0 Å². The molecule has 116 valence electrons. The smallest absolute Gasteiger partial charge is 0.272 e. The molecule has 0 aromatic carbocycles. The summed E-state index contributed by atoms with van der Waals surface area (Å²) < 4.78 is 0.